The fourth-order valence-electron chi connectivity index (χ4n) is 1.55. The molecule has 0 unspecified atom stereocenters. The summed E-state index contributed by atoms with van der Waals surface area (Å²) in [5.41, 5.74) is 1.31. The Balaban J connectivity index is 0.00000180. The number of halogens is 1. The number of nitrogens with zero attached hydrogens (tertiary/aromatic N) is 1. The Hall–Kier alpha value is -1.37. The van der Waals surface area contributed by atoms with Gasteiger partial charge >= 0.3 is 0 Å². The van der Waals surface area contributed by atoms with Gasteiger partial charge in [-0.05, 0) is 37.5 Å². The summed E-state index contributed by atoms with van der Waals surface area (Å²) in [6, 6.07) is 5.74. The SMILES string of the molecule is CNCCCNC(=O)c1cc(-c2cccs2)[nH]n1.Cl. The zero-order valence-corrected chi connectivity index (χ0v) is 12.2. The lowest BCUT2D eigenvalue weighted by molar-refractivity contribution is 0.0948. The predicted molar refractivity (Wildman–Crippen MR) is 80.0 cm³/mol. The number of carbonyl (C=O) groups excluding carboxylic acids is 1. The van der Waals surface area contributed by atoms with Gasteiger partial charge in [-0.1, -0.05) is 6.07 Å². The molecule has 0 fully saturated rings. The van der Waals surface area contributed by atoms with E-state index in [4.69, 9.17) is 0 Å². The molecule has 0 spiro atoms. The highest BCUT2D eigenvalue weighted by atomic mass is 35.5. The quantitative estimate of drug-likeness (QED) is 0.714. The molecule has 0 aliphatic rings. The molecule has 0 aliphatic heterocycles. The molecule has 7 heteroatoms. The van der Waals surface area contributed by atoms with Crippen LogP contribution >= 0.6 is 23.7 Å². The fourth-order valence-corrected chi connectivity index (χ4v) is 2.25. The number of carbonyl (C=O) groups is 1. The summed E-state index contributed by atoms with van der Waals surface area (Å²) in [7, 11) is 1.89. The second-order valence-electron chi connectivity index (χ2n) is 3.86. The van der Waals surface area contributed by atoms with Gasteiger partial charge in [0.15, 0.2) is 5.69 Å². The Bertz CT molecular complexity index is 498. The number of thiophene rings is 1. The first kappa shape index (κ1) is 15.7. The number of nitrogens with one attached hydrogen (secondary N) is 3. The lowest BCUT2D eigenvalue weighted by Gasteiger charge is -2.01. The molecule has 5 nitrogen and oxygen atoms in total. The number of rotatable bonds is 6. The van der Waals surface area contributed by atoms with Gasteiger partial charge in [-0.3, -0.25) is 9.89 Å². The molecule has 3 N–H and O–H groups in total. The summed E-state index contributed by atoms with van der Waals surface area (Å²) in [6.07, 6.45) is 0.907. The molecule has 2 aromatic rings. The highest BCUT2D eigenvalue weighted by Gasteiger charge is 2.10. The van der Waals surface area contributed by atoms with Gasteiger partial charge in [-0.2, -0.15) is 5.10 Å². The largest absolute Gasteiger partial charge is 0.351 e. The molecular weight excluding hydrogens is 284 g/mol. The van der Waals surface area contributed by atoms with Crippen molar-refractivity contribution in [3.05, 3.63) is 29.3 Å². The van der Waals surface area contributed by atoms with Crippen molar-refractivity contribution in [1.29, 1.82) is 0 Å². The van der Waals surface area contributed by atoms with Gasteiger partial charge in [-0.15, -0.1) is 23.7 Å². The Morgan fingerprint density at radius 2 is 2.32 bits per heavy atom. The van der Waals surface area contributed by atoms with Crippen LogP contribution < -0.4 is 10.6 Å². The first-order chi connectivity index (χ1) is 8.81. The zero-order valence-electron chi connectivity index (χ0n) is 10.6. The molecule has 0 aromatic carbocycles. The lowest BCUT2D eigenvalue weighted by atomic mass is 10.3. The Morgan fingerprint density at radius 3 is 3.00 bits per heavy atom. The Morgan fingerprint density at radius 1 is 1.47 bits per heavy atom. The van der Waals surface area contributed by atoms with Crippen LogP contribution in [0.2, 0.25) is 0 Å². The van der Waals surface area contributed by atoms with Gasteiger partial charge in [-0.25, -0.2) is 0 Å². The maximum absolute atomic E-state index is 11.8. The highest BCUT2D eigenvalue weighted by molar-refractivity contribution is 7.13. The third-order valence-electron chi connectivity index (χ3n) is 2.49. The summed E-state index contributed by atoms with van der Waals surface area (Å²) in [6.45, 7) is 1.54. The molecule has 0 bridgehead atoms. The van der Waals surface area contributed by atoms with E-state index in [0.717, 1.165) is 23.5 Å². The van der Waals surface area contributed by atoms with E-state index in [9.17, 15) is 4.79 Å². The van der Waals surface area contributed by atoms with Crippen molar-refractivity contribution in [2.75, 3.05) is 20.1 Å². The predicted octanol–water partition coefficient (Wildman–Crippen LogP) is 1.90. The Labute approximate surface area is 122 Å². The van der Waals surface area contributed by atoms with E-state index >= 15 is 0 Å². The molecule has 19 heavy (non-hydrogen) atoms. The van der Waals surface area contributed by atoms with Gasteiger partial charge < -0.3 is 10.6 Å². The lowest BCUT2D eigenvalue weighted by Crippen LogP contribution is -2.26. The zero-order chi connectivity index (χ0) is 12.8. The van der Waals surface area contributed by atoms with Crippen LogP contribution in [0.4, 0.5) is 0 Å². The average molecular weight is 301 g/mol. The molecule has 0 atom stereocenters. The van der Waals surface area contributed by atoms with Crippen molar-refractivity contribution in [3.63, 3.8) is 0 Å². The smallest absolute Gasteiger partial charge is 0.271 e. The highest BCUT2D eigenvalue weighted by Crippen LogP contribution is 2.22. The maximum atomic E-state index is 11.8. The van der Waals surface area contributed by atoms with Crippen molar-refractivity contribution in [2.24, 2.45) is 0 Å². The maximum Gasteiger partial charge on any atom is 0.271 e. The van der Waals surface area contributed by atoms with Crippen molar-refractivity contribution >= 4 is 29.7 Å². The second-order valence-corrected chi connectivity index (χ2v) is 4.80. The van der Waals surface area contributed by atoms with E-state index in [1.807, 2.05) is 24.6 Å². The molecule has 104 valence electrons. The van der Waals surface area contributed by atoms with E-state index in [-0.39, 0.29) is 18.3 Å². The van der Waals surface area contributed by atoms with Gasteiger partial charge in [0.05, 0.1) is 10.6 Å². The van der Waals surface area contributed by atoms with Gasteiger partial charge in [0.1, 0.15) is 0 Å². The minimum atomic E-state index is -0.134. The summed E-state index contributed by atoms with van der Waals surface area (Å²) in [5.74, 6) is -0.134. The molecular formula is C12H17ClN4OS. The molecule has 1 amide bonds. The minimum Gasteiger partial charge on any atom is -0.351 e. The van der Waals surface area contributed by atoms with Crippen molar-refractivity contribution in [3.8, 4) is 10.6 Å². The van der Waals surface area contributed by atoms with Crippen molar-refractivity contribution < 1.29 is 4.79 Å². The Kier molecular flexibility index (Phi) is 6.55. The van der Waals surface area contributed by atoms with Crippen LogP contribution in [0.15, 0.2) is 23.6 Å². The standard InChI is InChI=1S/C12H16N4OS.ClH/c1-13-5-3-6-14-12(17)10-8-9(15-16-10)11-4-2-7-18-11;/h2,4,7-8,13H,3,5-6H2,1H3,(H,14,17)(H,15,16);1H. The number of H-pyrrole nitrogens is 1. The van der Waals surface area contributed by atoms with Crippen LogP contribution in [0.3, 0.4) is 0 Å². The topological polar surface area (TPSA) is 69.8 Å². The third kappa shape index (κ3) is 4.34. The van der Waals surface area contributed by atoms with Crippen LogP contribution in [0.5, 0.6) is 0 Å². The third-order valence-corrected chi connectivity index (χ3v) is 3.39. The van der Waals surface area contributed by atoms with E-state index in [1.54, 1.807) is 17.4 Å². The normalized spacial score (nSPS) is 9.95. The van der Waals surface area contributed by atoms with Gasteiger partial charge in [0, 0.05) is 6.54 Å². The van der Waals surface area contributed by atoms with Crippen molar-refractivity contribution in [1.82, 2.24) is 20.8 Å². The molecule has 0 saturated heterocycles. The molecule has 2 heterocycles. The number of amides is 1. The van der Waals surface area contributed by atoms with E-state index in [0.29, 0.717) is 12.2 Å². The first-order valence-corrected chi connectivity index (χ1v) is 6.71. The first-order valence-electron chi connectivity index (χ1n) is 5.83. The summed E-state index contributed by atoms with van der Waals surface area (Å²) in [4.78, 5) is 12.9. The summed E-state index contributed by atoms with van der Waals surface area (Å²) >= 11 is 1.61. The van der Waals surface area contributed by atoms with Gasteiger partial charge in [0.25, 0.3) is 5.91 Å². The van der Waals surface area contributed by atoms with Crippen LogP contribution in [0.25, 0.3) is 10.6 Å². The number of hydrogen-bond donors (Lipinski definition) is 3. The average Bonchev–Trinajstić information content (AvgIpc) is 3.03. The number of hydrogen-bond acceptors (Lipinski definition) is 4. The van der Waals surface area contributed by atoms with E-state index in [1.165, 1.54) is 0 Å². The van der Waals surface area contributed by atoms with Crippen LogP contribution in [-0.4, -0.2) is 36.2 Å². The van der Waals surface area contributed by atoms with E-state index < -0.39 is 0 Å². The fraction of sp³-hybridized carbons (Fsp3) is 0.333. The van der Waals surface area contributed by atoms with E-state index in [2.05, 4.69) is 20.8 Å². The van der Waals surface area contributed by atoms with Crippen LogP contribution in [0, 0.1) is 0 Å². The second kappa shape index (κ2) is 7.93. The monoisotopic (exact) mass is 300 g/mol. The van der Waals surface area contributed by atoms with Gasteiger partial charge in [0.2, 0.25) is 0 Å². The minimum absolute atomic E-state index is 0. The molecule has 0 saturated carbocycles. The summed E-state index contributed by atoms with van der Waals surface area (Å²) < 4.78 is 0. The molecule has 0 aliphatic carbocycles. The molecule has 2 rings (SSSR count). The van der Waals surface area contributed by atoms with Crippen LogP contribution in [0.1, 0.15) is 16.9 Å². The number of aromatic amines is 1. The molecule has 2 aromatic heterocycles. The van der Waals surface area contributed by atoms with Crippen LogP contribution in [-0.2, 0) is 0 Å². The summed E-state index contributed by atoms with van der Waals surface area (Å²) in [5, 5.41) is 14.8. The molecule has 0 radical (unpaired) electrons. The van der Waals surface area contributed by atoms with Crippen molar-refractivity contribution in [2.45, 2.75) is 6.42 Å². The number of aromatic nitrogens is 2.